The molecule has 0 aromatic heterocycles. The molecule has 0 fully saturated rings. The van der Waals surface area contributed by atoms with Crippen molar-refractivity contribution < 1.29 is 9.90 Å². The average molecular weight is 188 g/mol. The van der Waals surface area contributed by atoms with E-state index in [4.69, 9.17) is 10.8 Å². The van der Waals surface area contributed by atoms with Gasteiger partial charge < -0.3 is 16.2 Å². The molecule has 0 bridgehead atoms. The minimum absolute atomic E-state index is 0.251. The van der Waals surface area contributed by atoms with Crippen molar-refractivity contribution in [2.24, 2.45) is 11.7 Å². The fourth-order valence-corrected chi connectivity index (χ4v) is 1.00. The molecule has 4 heteroatoms. The first kappa shape index (κ1) is 12.4. The molecule has 0 aromatic carbocycles. The number of amides is 1. The molecule has 0 aliphatic carbocycles. The standard InChI is InChI=1S/C9H20N2O2/c1-8(7-12)3-2-5-11-6-4-9(10)13/h8,11-12H,2-7H2,1H3,(H2,10,13). The van der Waals surface area contributed by atoms with Gasteiger partial charge in [-0.3, -0.25) is 4.79 Å². The molecule has 0 saturated carbocycles. The van der Waals surface area contributed by atoms with Crippen LogP contribution in [0.4, 0.5) is 0 Å². The van der Waals surface area contributed by atoms with E-state index in [9.17, 15) is 4.79 Å². The molecular formula is C9H20N2O2. The van der Waals surface area contributed by atoms with Gasteiger partial charge in [0, 0.05) is 19.6 Å². The van der Waals surface area contributed by atoms with Gasteiger partial charge in [-0.2, -0.15) is 0 Å². The van der Waals surface area contributed by atoms with E-state index in [0.717, 1.165) is 19.4 Å². The molecular weight excluding hydrogens is 168 g/mol. The Morgan fingerprint density at radius 1 is 1.54 bits per heavy atom. The number of nitrogens with two attached hydrogens (primary N) is 1. The quantitative estimate of drug-likeness (QED) is 0.464. The van der Waals surface area contributed by atoms with Crippen molar-refractivity contribution in [3.8, 4) is 0 Å². The van der Waals surface area contributed by atoms with Gasteiger partial charge in [0.15, 0.2) is 0 Å². The smallest absolute Gasteiger partial charge is 0.218 e. The first-order valence-corrected chi connectivity index (χ1v) is 4.76. The number of aliphatic hydroxyl groups excluding tert-OH is 1. The Morgan fingerprint density at radius 3 is 2.77 bits per heavy atom. The number of carbonyl (C=O) groups excluding carboxylic acids is 1. The van der Waals surface area contributed by atoms with Gasteiger partial charge in [-0.05, 0) is 25.3 Å². The second-order valence-corrected chi connectivity index (χ2v) is 3.40. The second kappa shape index (κ2) is 8.01. The average Bonchev–Trinajstić information content (AvgIpc) is 2.10. The molecule has 1 amide bonds. The van der Waals surface area contributed by atoms with E-state index in [1.54, 1.807) is 0 Å². The number of aliphatic hydroxyl groups is 1. The van der Waals surface area contributed by atoms with Crippen LogP contribution < -0.4 is 11.1 Å². The fourth-order valence-electron chi connectivity index (χ4n) is 1.00. The third-order valence-corrected chi connectivity index (χ3v) is 1.91. The van der Waals surface area contributed by atoms with Crippen LogP contribution in [0.2, 0.25) is 0 Å². The van der Waals surface area contributed by atoms with Gasteiger partial charge >= 0.3 is 0 Å². The van der Waals surface area contributed by atoms with E-state index in [2.05, 4.69) is 5.32 Å². The van der Waals surface area contributed by atoms with E-state index in [1.807, 2.05) is 6.92 Å². The highest BCUT2D eigenvalue weighted by Crippen LogP contribution is 2.02. The molecule has 1 unspecified atom stereocenters. The lowest BCUT2D eigenvalue weighted by molar-refractivity contribution is -0.117. The molecule has 0 rings (SSSR count). The van der Waals surface area contributed by atoms with Crippen molar-refractivity contribution in [1.82, 2.24) is 5.32 Å². The van der Waals surface area contributed by atoms with Crippen LogP contribution in [0, 0.1) is 5.92 Å². The Bertz CT molecular complexity index is 140. The van der Waals surface area contributed by atoms with Crippen molar-refractivity contribution in [2.45, 2.75) is 26.2 Å². The maximum Gasteiger partial charge on any atom is 0.218 e. The molecule has 0 saturated heterocycles. The number of carbonyl (C=O) groups is 1. The van der Waals surface area contributed by atoms with Crippen LogP contribution in [0.3, 0.4) is 0 Å². The Labute approximate surface area is 79.5 Å². The summed E-state index contributed by atoms with van der Waals surface area (Å²) in [6, 6.07) is 0. The SMILES string of the molecule is CC(CO)CCCNCCC(N)=O. The Balaban J connectivity index is 3.04. The Kier molecular flexibility index (Phi) is 7.63. The molecule has 0 aliphatic heterocycles. The first-order valence-electron chi connectivity index (χ1n) is 4.76. The van der Waals surface area contributed by atoms with Crippen molar-refractivity contribution in [1.29, 1.82) is 0 Å². The highest BCUT2D eigenvalue weighted by molar-refractivity contribution is 5.73. The molecule has 0 aliphatic rings. The normalized spacial score (nSPS) is 12.8. The summed E-state index contributed by atoms with van der Waals surface area (Å²) in [5, 5.41) is 11.8. The van der Waals surface area contributed by atoms with Gasteiger partial charge in [-0.15, -0.1) is 0 Å². The van der Waals surface area contributed by atoms with Crippen LogP contribution in [-0.4, -0.2) is 30.7 Å². The summed E-state index contributed by atoms with van der Waals surface area (Å²) in [4.78, 5) is 10.3. The van der Waals surface area contributed by atoms with Gasteiger partial charge in [0.2, 0.25) is 5.91 Å². The van der Waals surface area contributed by atoms with Crippen LogP contribution in [0.15, 0.2) is 0 Å². The van der Waals surface area contributed by atoms with E-state index in [1.165, 1.54) is 0 Å². The van der Waals surface area contributed by atoms with Crippen LogP contribution in [0.25, 0.3) is 0 Å². The van der Waals surface area contributed by atoms with Crippen LogP contribution in [0.1, 0.15) is 26.2 Å². The number of hydrogen-bond acceptors (Lipinski definition) is 3. The van der Waals surface area contributed by atoms with E-state index in [-0.39, 0.29) is 12.5 Å². The van der Waals surface area contributed by atoms with E-state index in [0.29, 0.717) is 18.9 Å². The third-order valence-electron chi connectivity index (χ3n) is 1.91. The van der Waals surface area contributed by atoms with Crippen LogP contribution >= 0.6 is 0 Å². The summed E-state index contributed by atoms with van der Waals surface area (Å²) in [6.07, 6.45) is 2.44. The lowest BCUT2D eigenvalue weighted by Gasteiger charge is -2.07. The summed E-state index contributed by atoms with van der Waals surface area (Å²) in [5.74, 6) is 0.106. The molecule has 4 nitrogen and oxygen atoms in total. The second-order valence-electron chi connectivity index (χ2n) is 3.40. The third kappa shape index (κ3) is 9.30. The number of hydrogen-bond donors (Lipinski definition) is 3. The van der Waals surface area contributed by atoms with Gasteiger partial charge in [-0.25, -0.2) is 0 Å². The molecule has 0 heterocycles. The summed E-state index contributed by atoms with van der Waals surface area (Å²) in [5.41, 5.74) is 4.96. The van der Waals surface area contributed by atoms with Crippen molar-refractivity contribution in [3.63, 3.8) is 0 Å². The first-order chi connectivity index (χ1) is 6.16. The van der Waals surface area contributed by atoms with Crippen LogP contribution in [-0.2, 0) is 4.79 Å². The molecule has 0 aromatic rings. The minimum Gasteiger partial charge on any atom is -0.396 e. The zero-order valence-electron chi connectivity index (χ0n) is 8.25. The Morgan fingerprint density at radius 2 is 2.23 bits per heavy atom. The minimum atomic E-state index is -0.267. The topological polar surface area (TPSA) is 75.3 Å². The predicted molar refractivity (Wildman–Crippen MR) is 52.2 cm³/mol. The number of rotatable bonds is 8. The summed E-state index contributed by atoms with van der Waals surface area (Å²) in [7, 11) is 0. The summed E-state index contributed by atoms with van der Waals surface area (Å²) >= 11 is 0. The molecule has 13 heavy (non-hydrogen) atoms. The van der Waals surface area contributed by atoms with E-state index >= 15 is 0 Å². The van der Waals surface area contributed by atoms with Gasteiger partial charge in [0.1, 0.15) is 0 Å². The zero-order chi connectivity index (χ0) is 10.1. The lowest BCUT2D eigenvalue weighted by Crippen LogP contribution is -2.23. The molecule has 0 radical (unpaired) electrons. The number of nitrogens with one attached hydrogen (secondary N) is 1. The Hall–Kier alpha value is -0.610. The van der Waals surface area contributed by atoms with Gasteiger partial charge in [0.05, 0.1) is 0 Å². The van der Waals surface area contributed by atoms with Gasteiger partial charge in [-0.1, -0.05) is 6.92 Å². The lowest BCUT2D eigenvalue weighted by atomic mass is 10.1. The van der Waals surface area contributed by atoms with Crippen LogP contribution in [0.5, 0.6) is 0 Å². The monoisotopic (exact) mass is 188 g/mol. The summed E-state index contributed by atoms with van der Waals surface area (Å²) < 4.78 is 0. The van der Waals surface area contributed by atoms with E-state index < -0.39 is 0 Å². The maximum atomic E-state index is 10.3. The maximum absolute atomic E-state index is 10.3. The number of primary amides is 1. The van der Waals surface area contributed by atoms with Crippen molar-refractivity contribution in [3.05, 3.63) is 0 Å². The largest absolute Gasteiger partial charge is 0.396 e. The highest BCUT2D eigenvalue weighted by Gasteiger charge is 1.98. The fraction of sp³-hybridized carbons (Fsp3) is 0.889. The van der Waals surface area contributed by atoms with Gasteiger partial charge in [0.25, 0.3) is 0 Å². The highest BCUT2D eigenvalue weighted by atomic mass is 16.3. The molecule has 78 valence electrons. The zero-order valence-corrected chi connectivity index (χ0v) is 8.25. The van der Waals surface area contributed by atoms with Crippen molar-refractivity contribution >= 4 is 5.91 Å². The molecule has 1 atom stereocenters. The summed E-state index contributed by atoms with van der Waals surface area (Å²) in [6.45, 7) is 3.81. The predicted octanol–water partition coefficient (Wildman–Crippen LogP) is -0.140. The van der Waals surface area contributed by atoms with Crippen molar-refractivity contribution in [2.75, 3.05) is 19.7 Å². The molecule has 0 spiro atoms. The molecule has 4 N–H and O–H groups in total.